The van der Waals surface area contributed by atoms with Crippen LogP contribution in [0.2, 0.25) is 15.1 Å². The largest absolute Gasteiger partial charge is 0.427 e. The number of non-ortho nitro benzene ring substituents is 1. The van der Waals surface area contributed by atoms with Crippen molar-refractivity contribution >= 4 is 93.0 Å². The maximum absolute atomic E-state index is 14.3. The van der Waals surface area contributed by atoms with Crippen LogP contribution in [0.5, 0.6) is 0 Å². The molecule has 3 atom stereocenters. The fourth-order valence-electron chi connectivity index (χ4n) is 5.39. The molecule has 0 aliphatic carbocycles. The summed E-state index contributed by atoms with van der Waals surface area (Å²) < 4.78 is 5.65. The lowest BCUT2D eigenvalue weighted by molar-refractivity contribution is -0.384. The summed E-state index contributed by atoms with van der Waals surface area (Å²) in [7, 11) is 0. The van der Waals surface area contributed by atoms with Gasteiger partial charge in [-0.25, -0.2) is 14.5 Å². The molecule has 4 amide bonds. The lowest BCUT2D eigenvalue weighted by Gasteiger charge is -2.28. The van der Waals surface area contributed by atoms with Crippen LogP contribution in [-0.2, 0) is 9.53 Å². The molecule has 51 heavy (non-hydrogen) atoms. The molecule has 0 saturated heterocycles. The van der Waals surface area contributed by atoms with E-state index in [1.54, 1.807) is 30.3 Å². The average molecular weight is 781 g/mol. The van der Waals surface area contributed by atoms with Crippen LogP contribution < -0.4 is 20.5 Å². The number of carbonyl (C=O) groups is 3. The molecule has 2 N–H and O–H groups in total. The molecule has 0 aromatic heterocycles. The normalized spacial score (nSPS) is 15.2. The minimum absolute atomic E-state index is 0.0195. The van der Waals surface area contributed by atoms with Crippen LogP contribution in [0.25, 0.3) is 0 Å². The minimum atomic E-state index is -1.77. The zero-order valence-electron chi connectivity index (χ0n) is 28.0. The van der Waals surface area contributed by atoms with Gasteiger partial charge in [0.2, 0.25) is 6.10 Å². The van der Waals surface area contributed by atoms with E-state index in [9.17, 15) is 24.5 Å². The summed E-state index contributed by atoms with van der Waals surface area (Å²) in [5, 5.41) is 22.0. The Balaban J connectivity index is 1.72. The minimum Gasteiger partial charge on any atom is -0.427 e. The molecule has 4 rings (SSSR count). The van der Waals surface area contributed by atoms with Crippen LogP contribution >= 0.6 is 46.4 Å². The summed E-state index contributed by atoms with van der Waals surface area (Å²) in [5.41, 5.74) is 0.254. The first-order chi connectivity index (χ1) is 24.4. The van der Waals surface area contributed by atoms with E-state index < -0.39 is 29.1 Å². The number of nitrogens with zero attached hydrogens (tertiary/aromatic N) is 4. The highest BCUT2D eigenvalue weighted by Gasteiger charge is 2.46. The number of hydrogen-bond donors (Lipinski definition) is 2. The summed E-state index contributed by atoms with van der Waals surface area (Å²) >= 11 is 25.4. The van der Waals surface area contributed by atoms with Crippen molar-refractivity contribution in [3.05, 3.63) is 91.9 Å². The van der Waals surface area contributed by atoms with E-state index in [1.165, 1.54) is 41.3 Å². The van der Waals surface area contributed by atoms with Crippen LogP contribution in [0.3, 0.4) is 0 Å². The second-order valence-corrected chi connectivity index (χ2v) is 13.9. The van der Waals surface area contributed by atoms with Crippen molar-refractivity contribution in [2.24, 2.45) is 5.10 Å². The topological polar surface area (TPSA) is 146 Å². The van der Waals surface area contributed by atoms with Crippen molar-refractivity contribution in [3.63, 3.8) is 0 Å². The number of nitrogens with one attached hydrogen (secondary N) is 2. The highest BCUT2D eigenvalue weighted by molar-refractivity contribution is 6.43. The monoisotopic (exact) mass is 778 g/mol. The Labute approximate surface area is 316 Å². The van der Waals surface area contributed by atoms with Crippen LogP contribution in [0.1, 0.15) is 65.2 Å². The maximum atomic E-state index is 14.3. The molecule has 0 spiro atoms. The van der Waals surface area contributed by atoms with E-state index in [2.05, 4.69) is 22.7 Å². The Hall–Kier alpha value is -4.10. The number of benzene rings is 3. The quantitative estimate of drug-likeness (QED) is 0.0679. The van der Waals surface area contributed by atoms with Crippen molar-refractivity contribution in [1.82, 2.24) is 5.32 Å². The van der Waals surface area contributed by atoms with E-state index >= 15 is 0 Å². The number of amidine groups is 1. The van der Waals surface area contributed by atoms with Crippen molar-refractivity contribution in [3.8, 4) is 0 Å². The number of halogens is 4. The molecule has 1 heterocycles. The number of rotatable bonds is 15. The number of amides is 4. The SMILES string of the molecule is CCCCCCCC(CCC(C)Cl)NC(=O)N(C1=NN(c2c(Cl)cc(Cl)cc2Cl)C(=O)C1OC(=O)Nc1ccc([N+](=O)[O-])cc1)c1ccccc1. The van der Waals surface area contributed by atoms with Gasteiger partial charge in [-0.2, -0.15) is 5.01 Å². The zero-order valence-corrected chi connectivity index (χ0v) is 31.0. The van der Waals surface area contributed by atoms with Gasteiger partial charge in [0.1, 0.15) is 5.69 Å². The first-order valence-corrected chi connectivity index (χ1v) is 18.1. The number of anilines is 3. The summed E-state index contributed by atoms with van der Waals surface area (Å²) in [4.78, 5) is 53.4. The third-order valence-corrected chi connectivity index (χ3v) is 8.97. The highest BCUT2D eigenvalue weighted by atomic mass is 35.5. The number of nitro benzene ring substituents is 1. The van der Waals surface area contributed by atoms with Crippen LogP contribution in [-0.4, -0.2) is 46.3 Å². The number of ether oxygens (including phenoxy) is 1. The van der Waals surface area contributed by atoms with Crippen LogP contribution in [0, 0.1) is 10.1 Å². The standard InChI is InChI=1S/C35H38Cl4N6O6/c1-3-4-5-6-8-11-24(15-14-22(2)36)40-34(47)43(26-12-9-7-10-13-26)32-31(51-35(48)41-25-16-18-27(19-17-25)45(49)50)33(46)44(42-32)30-28(38)20-23(37)21-29(30)39/h7,9-10,12-13,16-22,24,31H,3-6,8,11,14-15H2,1-2H3,(H,40,47)(H,41,48). The number of hydrazone groups is 1. The molecule has 3 aromatic carbocycles. The number of hydrogen-bond acceptors (Lipinski definition) is 7. The Kier molecular flexibility index (Phi) is 14.7. The van der Waals surface area contributed by atoms with Crippen molar-refractivity contribution < 1.29 is 24.0 Å². The second kappa shape index (κ2) is 18.9. The summed E-state index contributed by atoms with van der Waals surface area (Å²) in [6, 6.07) is 15.3. The van der Waals surface area contributed by atoms with Gasteiger partial charge in [0, 0.05) is 34.3 Å². The Morgan fingerprint density at radius 3 is 2.24 bits per heavy atom. The molecule has 1 aliphatic heterocycles. The molecule has 3 aromatic rings. The van der Waals surface area contributed by atoms with Crippen LogP contribution in [0.15, 0.2) is 71.8 Å². The molecular formula is C35H38Cl4N6O6. The van der Waals surface area contributed by atoms with Gasteiger partial charge in [0.25, 0.3) is 11.6 Å². The van der Waals surface area contributed by atoms with E-state index in [1.807, 2.05) is 6.92 Å². The van der Waals surface area contributed by atoms with Crippen molar-refractivity contribution in [2.45, 2.75) is 82.7 Å². The number of para-hydroxylation sites is 1. The summed E-state index contributed by atoms with van der Waals surface area (Å²) in [5.74, 6) is -1.14. The van der Waals surface area contributed by atoms with E-state index in [4.69, 9.17) is 51.1 Å². The van der Waals surface area contributed by atoms with Gasteiger partial charge in [-0.1, -0.05) is 92.0 Å². The first kappa shape index (κ1) is 39.7. The number of unbranched alkanes of at least 4 members (excludes halogenated alkanes) is 4. The van der Waals surface area contributed by atoms with Gasteiger partial charge in [-0.15, -0.1) is 16.7 Å². The third kappa shape index (κ3) is 10.9. The van der Waals surface area contributed by atoms with Gasteiger partial charge >= 0.3 is 12.1 Å². The van der Waals surface area contributed by atoms with Crippen molar-refractivity contribution in [1.29, 1.82) is 0 Å². The Bertz CT molecular complexity index is 1700. The molecule has 1 aliphatic rings. The summed E-state index contributed by atoms with van der Waals surface area (Å²) in [6.07, 6.45) is 4.32. The molecule has 272 valence electrons. The van der Waals surface area contributed by atoms with Gasteiger partial charge in [-0.05, 0) is 62.6 Å². The lowest BCUT2D eigenvalue weighted by Crippen LogP contribution is -2.52. The van der Waals surface area contributed by atoms with E-state index in [-0.39, 0.29) is 49.4 Å². The van der Waals surface area contributed by atoms with Crippen LogP contribution in [0.4, 0.5) is 32.3 Å². The molecule has 3 unspecified atom stereocenters. The van der Waals surface area contributed by atoms with E-state index in [0.717, 1.165) is 37.1 Å². The number of urea groups is 1. The first-order valence-electron chi connectivity index (χ1n) is 16.5. The zero-order chi connectivity index (χ0) is 37.1. The summed E-state index contributed by atoms with van der Waals surface area (Å²) in [6.45, 7) is 4.04. The van der Waals surface area contributed by atoms with Gasteiger partial charge in [-0.3, -0.25) is 20.2 Å². The Morgan fingerprint density at radius 1 is 0.980 bits per heavy atom. The molecule has 0 fully saturated rings. The number of alkyl halides is 1. The van der Waals surface area contributed by atoms with Gasteiger partial charge in [0.05, 0.1) is 20.7 Å². The Morgan fingerprint density at radius 2 is 1.63 bits per heavy atom. The van der Waals surface area contributed by atoms with E-state index in [0.29, 0.717) is 24.9 Å². The average Bonchev–Trinajstić information content (AvgIpc) is 3.37. The van der Waals surface area contributed by atoms with Gasteiger partial charge in [0.15, 0.2) is 5.84 Å². The fraction of sp³-hybridized carbons (Fsp3) is 0.371. The number of carbonyl (C=O) groups excluding carboxylic acids is 3. The smallest absolute Gasteiger partial charge is 0.412 e. The predicted molar refractivity (Wildman–Crippen MR) is 203 cm³/mol. The fourth-order valence-corrected chi connectivity index (χ4v) is 6.50. The maximum Gasteiger partial charge on any atom is 0.412 e. The lowest BCUT2D eigenvalue weighted by atomic mass is 10.0. The molecule has 12 nitrogen and oxygen atoms in total. The van der Waals surface area contributed by atoms with Crippen molar-refractivity contribution in [2.75, 3.05) is 15.2 Å². The number of nitro groups is 1. The second-order valence-electron chi connectivity index (χ2n) is 11.9. The van der Waals surface area contributed by atoms with Gasteiger partial charge < -0.3 is 10.1 Å². The molecule has 0 radical (unpaired) electrons. The third-order valence-electron chi connectivity index (χ3n) is 7.96. The molecular weight excluding hydrogens is 742 g/mol. The predicted octanol–water partition coefficient (Wildman–Crippen LogP) is 10.2. The highest BCUT2D eigenvalue weighted by Crippen LogP contribution is 2.39. The molecule has 16 heteroatoms. The molecule has 0 bridgehead atoms. The molecule has 0 saturated carbocycles.